The van der Waals surface area contributed by atoms with Crippen molar-refractivity contribution in [3.8, 4) is 11.5 Å². The molecule has 1 heterocycles. The molecule has 1 amide bonds. The summed E-state index contributed by atoms with van der Waals surface area (Å²) < 4.78 is 10.5. The second-order valence-electron chi connectivity index (χ2n) is 5.38. The zero-order valence-corrected chi connectivity index (χ0v) is 14.1. The highest BCUT2D eigenvalue weighted by atomic mass is 35.5. The van der Waals surface area contributed by atoms with Crippen LogP contribution in [0.4, 0.5) is 17.3 Å². The van der Waals surface area contributed by atoms with Gasteiger partial charge in [-0.3, -0.25) is 4.79 Å². The van der Waals surface area contributed by atoms with Crippen LogP contribution in [0, 0.1) is 5.92 Å². The van der Waals surface area contributed by atoms with Crippen molar-refractivity contribution < 1.29 is 14.3 Å². The van der Waals surface area contributed by atoms with Gasteiger partial charge < -0.3 is 20.1 Å². The fraction of sp³-hybridized carbons (Fsp3) is 0.312. The normalized spacial score (nSPS) is 13.3. The van der Waals surface area contributed by atoms with Gasteiger partial charge in [0.05, 0.1) is 24.9 Å². The number of methoxy groups -OCH3 is 2. The van der Waals surface area contributed by atoms with Crippen LogP contribution in [0.25, 0.3) is 0 Å². The summed E-state index contributed by atoms with van der Waals surface area (Å²) in [6, 6.07) is 6.78. The Morgan fingerprint density at radius 1 is 1.12 bits per heavy atom. The minimum Gasteiger partial charge on any atom is -0.495 e. The first-order valence-electron chi connectivity index (χ1n) is 7.44. The van der Waals surface area contributed by atoms with E-state index >= 15 is 0 Å². The van der Waals surface area contributed by atoms with Crippen molar-refractivity contribution in [3.63, 3.8) is 0 Å². The highest BCUT2D eigenvalue weighted by molar-refractivity contribution is 6.32. The second-order valence-corrected chi connectivity index (χ2v) is 5.79. The van der Waals surface area contributed by atoms with Gasteiger partial charge in [0.1, 0.15) is 11.5 Å². The topological polar surface area (TPSA) is 85.4 Å². The molecule has 3 rings (SSSR count). The quantitative estimate of drug-likeness (QED) is 0.833. The molecule has 24 heavy (non-hydrogen) atoms. The molecule has 2 aromatic rings. The highest BCUT2D eigenvalue weighted by Gasteiger charge is 2.29. The van der Waals surface area contributed by atoms with Gasteiger partial charge in [0.25, 0.3) is 0 Å². The molecule has 0 radical (unpaired) electrons. The molecule has 0 aliphatic heterocycles. The summed E-state index contributed by atoms with van der Waals surface area (Å²) in [7, 11) is 3.08. The molecule has 0 unspecified atom stereocenters. The summed E-state index contributed by atoms with van der Waals surface area (Å²) in [5.41, 5.74) is 0.641. The van der Waals surface area contributed by atoms with Gasteiger partial charge in [0.15, 0.2) is 11.6 Å². The summed E-state index contributed by atoms with van der Waals surface area (Å²) in [5, 5.41) is 14.3. The van der Waals surface area contributed by atoms with E-state index in [1.165, 1.54) is 7.11 Å². The maximum absolute atomic E-state index is 11.7. The Bertz CT molecular complexity index is 748. The van der Waals surface area contributed by atoms with E-state index in [4.69, 9.17) is 21.1 Å². The van der Waals surface area contributed by atoms with Crippen molar-refractivity contribution >= 4 is 34.8 Å². The van der Waals surface area contributed by atoms with E-state index in [-0.39, 0.29) is 11.8 Å². The summed E-state index contributed by atoms with van der Waals surface area (Å²) in [6.07, 6.45) is 1.88. The number of aromatic nitrogens is 2. The molecule has 1 fully saturated rings. The predicted octanol–water partition coefficient (Wildman–Crippen LogP) is 3.24. The van der Waals surface area contributed by atoms with E-state index in [1.807, 2.05) is 0 Å². The number of ether oxygens (including phenoxy) is 2. The number of amides is 1. The Morgan fingerprint density at radius 3 is 2.38 bits per heavy atom. The van der Waals surface area contributed by atoms with Crippen molar-refractivity contribution in [2.24, 2.45) is 5.92 Å². The Hall–Kier alpha value is -2.54. The molecule has 1 aromatic carbocycles. The number of carbonyl (C=O) groups excluding carboxylic acids is 1. The van der Waals surface area contributed by atoms with Crippen LogP contribution in [-0.2, 0) is 4.79 Å². The molecular weight excluding hydrogens is 332 g/mol. The smallest absolute Gasteiger partial charge is 0.228 e. The lowest BCUT2D eigenvalue weighted by atomic mass is 10.2. The average molecular weight is 349 g/mol. The van der Waals surface area contributed by atoms with Gasteiger partial charge in [-0.05, 0) is 25.0 Å². The van der Waals surface area contributed by atoms with E-state index in [1.54, 1.807) is 31.4 Å². The first-order chi connectivity index (χ1) is 11.6. The predicted molar refractivity (Wildman–Crippen MR) is 91.2 cm³/mol. The molecule has 0 spiro atoms. The standard InChI is InChI=1S/C16H17ClN4O3/c1-23-12-8-11(13(24-2)7-10(12)17)18-14-5-6-15(21-20-14)19-16(22)9-3-4-9/h5-9H,3-4H2,1-2H3,(H,18,20)(H,19,21,22). The van der Waals surface area contributed by atoms with Crippen LogP contribution in [0.15, 0.2) is 24.3 Å². The number of nitrogens with one attached hydrogen (secondary N) is 2. The van der Waals surface area contributed by atoms with E-state index in [0.717, 1.165) is 12.8 Å². The third kappa shape index (κ3) is 3.68. The maximum Gasteiger partial charge on any atom is 0.228 e. The van der Waals surface area contributed by atoms with E-state index in [0.29, 0.717) is 33.8 Å². The minimum atomic E-state index is -0.00545. The van der Waals surface area contributed by atoms with E-state index in [2.05, 4.69) is 20.8 Å². The largest absolute Gasteiger partial charge is 0.495 e. The van der Waals surface area contributed by atoms with Gasteiger partial charge in [-0.1, -0.05) is 11.6 Å². The van der Waals surface area contributed by atoms with Gasteiger partial charge in [0.2, 0.25) is 5.91 Å². The molecule has 7 nitrogen and oxygen atoms in total. The summed E-state index contributed by atoms with van der Waals surface area (Å²) in [6.45, 7) is 0. The van der Waals surface area contributed by atoms with E-state index in [9.17, 15) is 4.79 Å². The lowest BCUT2D eigenvalue weighted by Gasteiger charge is -2.13. The second kappa shape index (κ2) is 6.92. The Balaban J connectivity index is 1.74. The molecule has 126 valence electrons. The van der Waals surface area contributed by atoms with Crippen molar-refractivity contribution in [3.05, 3.63) is 29.3 Å². The van der Waals surface area contributed by atoms with Crippen LogP contribution >= 0.6 is 11.6 Å². The van der Waals surface area contributed by atoms with Crippen LogP contribution in [0.3, 0.4) is 0 Å². The lowest BCUT2D eigenvalue weighted by Crippen LogP contribution is -2.14. The zero-order valence-electron chi connectivity index (χ0n) is 13.3. The van der Waals surface area contributed by atoms with Gasteiger partial charge in [-0.2, -0.15) is 0 Å². The molecule has 1 aromatic heterocycles. The molecule has 1 saturated carbocycles. The average Bonchev–Trinajstić information content (AvgIpc) is 3.42. The first kappa shape index (κ1) is 16.3. The molecule has 8 heteroatoms. The van der Waals surface area contributed by atoms with E-state index < -0.39 is 0 Å². The van der Waals surface area contributed by atoms with Crippen molar-refractivity contribution in [2.45, 2.75) is 12.8 Å². The number of anilines is 3. The highest BCUT2D eigenvalue weighted by Crippen LogP contribution is 2.37. The molecule has 1 aliphatic carbocycles. The third-order valence-corrected chi connectivity index (χ3v) is 3.90. The number of benzene rings is 1. The molecule has 0 atom stereocenters. The van der Waals surface area contributed by atoms with Gasteiger partial charge in [0, 0.05) is 18.1 Å². The summed E-state index contributed by atoms with van der Waals surface area (Å²) >= 11 is 6.08. The van der Waals surface area contributed by atoms with Crippen LogP contribution in [-0.4, -0.2) is 30.3 Å². The summed E-state index contributed by atoms with van der Waals surface area (Å²) in [4.78, 5) is 11.7. The summed E-state index contributed by atoms with van der Waals surface area (Å²) in [5.74, 6) is 2.11. The third-order valence-electron chi connectivity index (χ3n) is 3.60. The molecule has 1 aliphatic rings. The first-order valence-corrected chi connectivity index (χ1v) is 7.81. The number of hydrogen-bond donors (Lipinski definition) is 2. The number of halogens is 1. The van der Waals surface area contributed by atoms with Crippen LogP contribution < -0.4 is 20.1 Å². The zero-order chi connectivity index (χ0) is 17.1. The van der Waals surface area contributed by atoms with Crippen LogP contribution in [0.2, 0.25) is 5.02 Å². The van der Waals surface area contributed by atoms with Gasteiger partial charge in [-0.25, -0.2) is 0 Å². The number of hydrogen-bond acceptors (Lipinski definition) is 6. The number of nitrogens with zero attached hydrogens (tertiary/aromatic N) is 2. The van der Waals surface area contributed by atoms with Crippen molar-refractivity contribution in [1.29, 1.82) is 0 Å². The SMILES string of the molecule is COc1cc(Nc2ccc(NC(=O)C3CC3)nn2)c(OC)cc1Cl. The van der Waals surface area contributed by atoms with Crippen LogP contribution in [0.5, 0.6) is 11.5 Å². The molecule has 0 bridgehead atoms. The maximum atomic E-state index is 11.7. The Morgan fingerprint density at radius 2 is 1.79 bits per heavy atom. The Kier molecular flexibility index (Phi) is 4.71. The fourth-order valence-electron chi connectivity index (χ4n) is 2.14. The monoisotopic (exact) mass is 348 g/mol. The Labute approximate surface area is 144 Å². The van der Waals surface area contributed by atoms with Crippen LogP contribution in [0.1, 0.15) is 12.8 Å². The van der Waals surface area contributed by atoms with Crippen molar-refractivity contribution in [1.82, 2.24) is 10.2 Å². The molecule has 2 N–H and O–H groups in total. The fourth-order valence-corrected chi connectivity index (χ4v) is 2.37. The minimum absolute atomic E-state index is 0.00545. The molecular formula is C16H17ClN4O3. The lowest BCUT2D eigenvalue weighted by molar-refractivity contribution is -0.117. The number of rotatable bonds is 6. The van der Waals surface area contributed by atoms with Gasteiger partial charge >= 0.3 is 0 Å². The molecule has 0 saturated heterocycles. The van der Waals surface area contributed by atoms with Gasteiger partial charge in [-0.15, -0.1) is 10.2 Å². The van der Waals surface area contributed by atoms with Crippen molar-refractivity contribution in [2.75, 3.05) is 24.9 Å². The number of carbonyl (C=O) groups is 1.